The van der Waals surface area contributed by atoms with Crippen LogP contribution in [0.3, 0.4) is 0 Å². The van der Waals surface area contributed by atoms with E-state index >= 15 is 0 Å². The molecule has 36 heavy (non-hydrogen) atoms. The zero-order chi connectivity index (χ0) is 25.8. The number of ether oxygens (including phenoxy) is 1. The lowest BCUT2D eigenvalue weighted by Gasteiger charge is -2.56. The Morgan fingerprint density at radius 2 is 1.75 bits per heavy atom. The van der Waals surface area contributed by atoms with Crippen molar-refractivity contribution in [3.05, 3.63) is 59.7 Å². The van der Waals surface area contributed by atoms with E-state index in [1.807, 2.05) is 31.2 Å². The molecule has 6 atom stereocenters. The van der Waals surface area contributed by atoms with Crippen LogP contribution in [-0.2, 0) is 21.2 Å². The third kappa shape index (κ3) is 4.02. The number of sulfonamides is 1. The minimum Gasteiger partial charge on any atom is -0.497 e. The van der Waals surface area contributed by atoms with Crippen molar-refractivity contribution in [2.45, 2.75) is 73.8 Å². The Morgan fingerprint density at radius 1 is 1.08 bits per heavy atom. The summed E-state index contributed by atoms with van der Waals surface area (Å²) in [6.07, 6.45) is 0.728. The molecule has 1 saturated carbocycles. The van der Waals surface area contributed by atoms with Crippen LogP contribution in [0.15, 0.2) is 53.4 Å². The number of carbonyl (C=O) groups is 1. The first-order chi connectivity index (χ1) is 17.1. The largest absolute Gasteiger partial charge is 0.497 e. The van der Waals surface area contributed by atoms with Crippen molar-refractivity contribution in [3.8, 4) is 5.75 Å². The van der Waals surface area contributed by atoms with Crippen LogP contribution >= 0.6 is 0 Å². The summed E-state index contributed by atoms with van der Waals surface area (Å²) in [5.41, 5.74) is 1.30. The molecule has 0 aromatic heterocycles. The molecular weight excluding hydrogens is 480 g/mol. The highest BCUT2D eigenvalue weighted by molar-refractivity contribution is 7.89. The van der Waals surface area contributed by atoms with Crippen LogP contribution in [0.2, 0.25) is 0 Å². The summed E-state index contributed by atoms with van der Waals surface area (Å²) in [5, 5.41) is 22.1. The fourth-order valence-corrected chi connectivity index (χ4v) is 7.81. The normalized spacial score (nSPS) is 32.0. The van der Waals surface area contributed by atoms with Gasteiger partial charge in [-0.05, 0) is 68.9 Å². The number of aliphatic hydroxyl groups is 2. The molecule has 194 valence electrons. The average Bonchev–Trinajstić information content (AvgIpc) is 3.15. The predicted octanol–water partition coefficient (Wildman–Crippen LogP) is 2.11. The molecular formula is C27H34N2O6S. The van der Waals surface area contributed by atoms with Crippen molar-refractivity contribution in [1.29, 1.82) is 0 Å². The van der Waals surface area contributed by atoms with Gasteiger partial charge in [-0.2, -0.15) is 4.31 Å². The lowest BCUT2D eigenvalue weighted by molar-refractivity contribution is -0.167. The lowest BCUT2D eigenvalue weighted by Crippen LogP contribution is -2.67. The molecule has 2 saturated heterocycles. The molecule has 9 heteroatoms. The molecule has 2 aliphatic heterocycles. The Hall–Kier alpha value is -2.46. The zero-order valence-corrected chi connectivity index (χ0v) is 21.7. The highest BCUT2D eigenvalue weighted by atomic mass is 32.2. The Balaban J connectivity index is 1.49. The number of hydrogen-bond donors (Lipinski definition) is 2. The smallest absolute Gasteiger partial charge is 0.243 e. The number of amides is 1. The number of methoxy groups -OCH3 is 1. The summed E-state index contributed by atoms with van der Waals surface area (Å²) in [5.74, 6) is 0.0800. The van der Waals surface area contributed by atoms with E-state index in [1.54, 1.807) is 36.3 Å². The average molecular weight is 515 g/mol. The van der Waals surface area contributed by atoms with E-state index in [4.69, 9.17) is 4.74 Å². The molecule has 5 rings (SSSR count). The summed E-state index contributed by atoms with van der Waals surface area (Å²) in [7, 11) is -0.831. The maximum Gasteiger partial charge on any atom is 0.243 e. The highest BCUT2D eigenvalue weighted by Gasteiger charge is 2.63. The molecule has 1 amide bonds. The van der Waals surface area contributed by atoms with Gasteiger partial charge in [0.2, 0.25) is 15.9 Å². The van der Waals surface area contributed by atoms with Gasteiger partial charge in [-0.25, -0.2) is 8.42 Å². The number of aliphatic hydroxyl groups excluding tert-OH is 2. The summed E-state index contributed by atoms with van der Waals surface area (Å²) >= 11 is 0. The third-order valence-electron chi connectivity index (χ3n) is 8.53. The molecule has 1 spiro atoms. The first-order valence-corrected chi connectivity index (χ1v) is 13.9. The summed E-state index contributed by atoms with van der Waals surface area (Å²) < 4.78 is 33.4. The number of hydrogen-bond acceptors (Lipinski definition) is 6. The van der Waals surface area contributed by atoms with Crippen LogP contribution in [0, 0.1) is 12.8 Å². The molecule has 3 fully saturated rings. The number of benzene rings is 2. The number of piperidine rings is 1. The van der Waals surface area contributed by atoms with Crippen LogP contribution in [0.5, 0.6) is 5.75 Å². The monoisotopic (exact) mass is 514 g/mol. The summed E-state index contributed by atoms with van der Waals surface area (Å²) in [6.45, 7) is 1.89. The number of aryl methyl sites for hydroxylation is 1. The summed E-state index contributed by atoms with van der Waals surface area (Å²) in [4.78, 5) is 15.9. The molecule has 8 nitrogen and oxygen atoms in total. The minimum atomic E-state index is -3.89. The van der Waals surface area contributed by atoms with Gasteiger partial charge in [0, 0.05) is 18.5 Å². The number of rotatable bonds is 6. The van der Waals surface area contributed by atoms with E-state index in [0.29, 0.717) is 37.9 Å². The van der Waals surface area contributed by atoms with Gasteiger partial charge < -0.3 is 19.8 Å². The lowest BCUT2D eigenvalue weighted by atomic mass is 9.65. The first-order valence-electron chi connectivity index (χ1n) is 12.4. The molecule has 2 aromatic rings. The van der Waals surface area contributed by atoms with E-state index in [9.17, 15) is 23.4 Å². The van der Waals surface area contributed by atoms with E-state index in [0.717, 1.165) is 11.1 Å². The van der Waals surface area contributed by atoms with Crippen molar-refractivity contribution in [3.63, 3.8) is 0 Å². The number of fused-ring (bicyclic) bond motifs is 1. The van der Waals surface area contributed by atoms with Crippen LogP contribution in [-0.4, -0.2) is 77.7 Å². The van der Waals surface area contributed by atoms with Gasteiger partial charge in [0.1, 0.15) is 11.8 Å². The fourth-order valence-electron chi connectivity index (χ4n) is 6.50. The van der Waals surface area contributed by atoms with Crippen LogP contribution in [0.25, 0.3) is 0 Å². The van der Waals surface area contributed by atoms with Crippen LogP contribution in [0.1, 0.15) is 36.8 Å². The van der Waals surface area contributed by atoms with Gasteiger partial charge >= 0.3 is 0 Å². The number of nitrogens with zero attached hydrogens (tertiary/aromatic N) is 2. The van der Waals surface area contributed by atoms with E-state index in [1.165, 1.54) is 11.4 Å². The second-order valence-electron chi connectivity index (χ2n) is 10.6. The Kier molecular flexibility index (Phi) is 6.39. The molecule has 2 heterocycles. The van der Waals surface area contributed by atoms with Crippen LogP contribution in [0.4, 0.5) is 0 Å². The third-order valence-corrected chi connectivity index (χ3v) is 10.4. The quantitative estimate of drug-likeness (QED) is 0.612. The zero-order valence-electron chi connectivity index (χ0n) is 20.9. The Morgan fingerprint density at radius 3 is 2.39 bits per heavy atom. The van der Waals surface area contributed by atoms with Crippen LogP contribution < -0.4 is 4.74 Å². The van der Waals surface area contributed by atoms with Gasteiger partial charge in [0.25, 0.3) is 0 Å². The van der Waals surface area contributed by atoms with Gasteiger partial charge in [0.15, 0.2) is 0 Å². The fraction of sp³-hybridized carbons (Fsp3) is 0.519. The van der Waals surface area contributed by atoms with Gasteiger partial charge in [-0.15, -0.1) is 0 Å². The van der Waals surface area contributed by atoms with E-state index in [2.05, 4.69) is 0 Å². The van der Waals surface area contributed by atoms with Gasteiger partial charge in [-0.3, -0.25) is 4.79 Å². The molecule has 2 bridgehead atoms. The second-order valence-corrected chi connectivity index (χ2v) is 12.6. The van der Waals surface area contributed by atoms with Crippen molar-refractivity contribution in [2.75, 3.05) is 14.2 Å². The topological polar surface area (TPSA) is 107 Å². The SMILES string of the molecule is COc1ccc(C[C@H]2[C@@H](O)[C@H]3C[C@@]4(CC[C@H]3O)C[C@H](N(C)S(=O)(=O)c3ccc(C)cc3)C(=O)N24)cc1. The maximum absolute atomic E-state index is 14.0. The molecule has 0 radical (unpaired) electrons. The van der Waals surface area contributed by atoms with Crippen molar-refractivity contribution >= 4 is 15.9 Å². The molecule has 0 unspecified atom stereocenters. The van der Waals surface area contributed by atoms with E-state index < -0.39 is 39.9 Å². The maximum atomic E-state index is 14.0. The molecule has 2 N–H and O–H groups in total. The minimum absolute atomic E-state index is 0.150. The van der Waals surface area contributed by atoms with Crippen molar-refractivity contribution in [2.24, 2.45) is 5.92 Å². The molecule has 2 aromatic carbocycles. The van der Waals surface area contributed by atoms with Crippen molar-refractivity contribution in [1.82, 2.24) is 9.21 Å². The number of carbonyl (C=O) groups excluding carboxylic acids is 1. The molecule has 1 aliphatic carbocycles. The van der Waals surface area contributed by atoms with Gasteiger partial charge in [-0.1, -0.05) is 29.8 Å². The number of likely N-dealkylation sites (N-methyl/N-ethyl adjacent to an activating group) is 1. The Labute approximate surface area is 212 Å². The standard InChI is InChI=1S/C27H34N2O6S/c1-17-4-10-20(11-5-17)36(33,34)28(2)23-16-27-13-12-24(30)21(15-27)25(31)22(29(27)26(23)32)14-18-6-8-19(35-3)9-7-18/h4-11,21-25,30-31H,12-16H2,1-3H3/t21-,22-,23-,24+,25-,27-/m0/s1. The first kappa shape index (κ1) is 25.2. The second kappa shape index (κ2) is 9.13. The highest BCUT2D eigenvalue weighted by Crippen LogP contribution is 2.52. The summed E-state index contributed by atoms with van der Waals surface area (Å²) in [6, 6.07) is 12.7. The Bertz CT molecular complexity index is 1230. The van der Waals surface area contributed by atoms with E-state index in [-0.39, 0.29) is 16.7 Å². The van der Waals surface area contributed by atoms with Gasteiger partial charge in [0.05, 0.1) is 30.3 Å². The predicted molar refractivity (Wildman–Crippen MR) is 134 cm³/mol. The molecule has 3 aliphatic rings. The van der Waals surface area contributed by atoms with Crippen molar-refractivity contribution < 1.29 is 28.2 Å².